The van der Waals surface area contributed by atoms with Gasteiger partial charge in [0.15, 0.2) is 0 Å². The molecule has 20 heteroatoms. The number of halogens is 4. The van der Waals surface area contributed by atoms with E-state index in [-0.39, 0.29) is 0 Å². The summed E-state index contributed by atoms with van der Waals surface area (Å²) in [7, 11) is -21.9. The van der Waals surface area contributed by atoms with Gasteiger partial charge in [-0.2, -0.15) is 21.6 Å². The molecular weight excluding hydrogens is 715 g/mol. The minimum atomic E-state index is -5.81. The van der Waals surface area contributed by atoms with Crippen molar-refractivity contribution < 1.29 is 25.6 Å². The van der Waals surface area contributed by atoms with Gasteiger partial charge >= 0.3 is 15.6 Å². The van der Waals surface area contributed by atoms with Crippen LogP contribution in [0, 0.1) is 0 Å². The standard InChI is InChI=1S/C19H54ClF3N2O3P2SSi8/c1-32(2,3)38(33(4,5)6,34(7,8)9)24-29(20)25(30(24)28-31(26,27)19(21,22)23)39(35(10,11)12,36(13,14)15)37(16,17)18/h1-18H3. The minimum absolute atomic E-state index is 1.49. The van der Waals surface area contributed by atoms with Crippen LogP contribution in [0.15, 0.2) is 0 Å². The van der Waals surface area contributed by atoms with Gasteiger partial charge in [0.25, 0.3) is 0 Å². The van der Waals surface area contributed by atoms with E-state index < -0.39 is 90.8 Å². The van der Waals surface area contributed by atoms with Gasteiger partial charge in [0.05, 0.1) is 45.5 Å². The molecule has 0 atom stereocenters. The van der Waals surface area contributed by atoms with Gasteiger partial charge in [-0.1, -0.05) is 129 Å². The fraction of sp³-hybridized carbons (Fsp3) is 1.00. The summed E-state index contributed by atoms with van der Waals surface area (Å²) < 4.78 is 77.9. The number of hydrogen-bond acceptors (Lipinski definition) is 5. The average Bonchev–Trinajstić information content (AvgIpc) is 2.54. The van der Waals surface area contributed by atoms with Crippen LogP contribution in [0.2, 0.25) is 118 Å². The molecule has 0 aromatic heterocycles. The maximum Gasteiger partial charge on any atom is 0.523 e. The Labute approximate surface area is 252 Å². The molecule has 0 radical (unpaired) electrons. The molecule has 39 heavy (non-hydrogen) atoms. The van der Waals surface area contributed by atoms with Crippen LogP contribution in [0.25, 0.3) is 0 Å². The molecule has 5 nitrogen and oxygen atoms in total. The van der Waals surface area contributed by atoms with Crippen molar-refractivity contribution in [1.29, 1.82) is 0 Å². The Kier molecular flexibility index (Phi) is 11.2. The maximum absolute atomic E-state index is 14.0. The summed E-state index contributed by atoms with van der Waals surface area (Å²) in [5, 5.41) is 0. The SMILES string of the molecule is C[Si](C)(C)[Si](N1P(Cl)N([Si]([Si](C)(C)C)([Si](C)(C)C)[Si](C)(C)C)P1OS(=O)(=O)C(F)(F)F)([Si](C)(C)C)[Si](C)(C)C. The van der Waals surface area contributed by atoms with Crippen LogP contribution >= 0.6 is 27.3 Å². The number of hydrogen-bond donors (Lipinski definition) is 0. The highest BCUT2D eigenvalue weighted by molar-refractivity contribution is 8.12. The quantitative estimate of drug-likeness (QED) is 0.126. The molecule has 0 aliphatic carbocycles. The Morgan fingerprint density at radius 1 is 0.564 bits per heavy atom. The fourth-order valence-electron chi connectivity index (χ4n) is 9.50. The van der Waals surface area contributed by atoms with Crippen molar-refractivity contribution in [3.8, 4) is 0 Å². The molecule has 1 aliphatic rings. The van der Waals surface area contributed by atoms with Gasteiger partial charge in [-0.25, -0.2) is 12.2 Å². The van der Waals surface area contributed by atoms with Crippen LogP contribution in [0.1, 0.15) is 0 Å². The first-order valence-electron chi connectivity index (χ1n) is 13.4. The largest absolute Gasteiger partial charge is 0.523 e. The van der Waals surface area contributed by atoms with Crippen LogP contribution < -0.4 is 0 Å². The summed E-state index contributed by atoms with van der Waals surface area (Å²) in [6.45, 7) is 37.2. The van der Waals surface area contributed by atoms with Gasteiger partial charge < -0.3 is 0 Å². The molecule has 1 aliphatic heterocycles. The first-order valence-corrected chi connectivity index (χ1v) is 49.0. The van der Waals surface area contributed by atoms with Gasteiger partial charge in [0.1, 0.15) is 21.2 Å². The highest BCUT2D eigenvalue weighted by Crippen LogP contribution is 2.85. The van der Waals surface area contributed by atoms with Gasteiger partial charge in [-0.15, -0.1) is 0 Å². The smallest absolute Gasteiger partial charge is 0.229 e. The summed E-state index contributed by atoms with van der Waals surface area (Å²) in [5.41, 5.74) is -5.47. The van der Waals surface area contributed by atoms with Crippen molar-refractivity contribution in [3.63, 3.8) is 0 Å². The van der Waals surface area contributed by atoms with Crippen LogP contribution in [0.3, 0.4) is 0 Å². The molecule has 1 fully saturated rings. The fourth-order valence-corrected chi connectivity index (χ4v) is 259. The molecule has 1 saturated heterocycles. The van der Waals surface area contributed by atoms with Gasteiger partial charge in [0.2, 0.25) is 8.45 Å². The molecule has 0 bridgehead atoms. The zero-order valence-corrected chi connectivity index (χ0v) is 38.8. The minimum Gasteiger partial charge on any atom is -0.229 e. The maximum atomic E-state index is 14.0. The molecule has 0 aromatic carbocycles. The van der Waals surface area contributed by atoms with Crippen molar-refractivity contribution in [2.24, 2.45) is 0 Å². The van der Waals surface area contributed by atoms with Crippen LogP contribution in [-0.4, -0.2) is 81.3 Å². The summed E-state index contributed by atoms with van der Waals surface area (Å²) in [6, 6.07) is 0. The normalized spacial score (nSPS) is 22.7. The zero-order valence-electron chi connectivity index (χ0n) is 27.4. The lowest BCUT2D eigenvalue weighted by Crippen LogP contribution is -2.93. The van der Waals surface area contributed by atoms with Crippen molar-refractivity contribution in [3.05, 3.63) is 0 Å². The highest BCUT2D eigenvalue weighted by atomic mass is 35.7. The van der Waals surface area contributed by atoms with E-state index in [0.717, 1.165) is 0 Å². The van der Waals surface area contributed by atoms with E-state index in [0.29, 0.717) is 0 Å². The van der Waals surface area contributed by atoms with Crippen LogP contribution in [0.5, 0.6) is 0 Å². The average molecular weight is 770 g/mol. The first-order chi connectivity index (χ1) is 16.5. The van der Waals surface area contributed by atoms with Crippen LogP contribution in [0.4, 0.5) is 13.2 Å². The second-order valence-corrected chi connectivity index (χ2v) is 104. The summed E-state index contributed by atoms with van der Waals surface area (Å²) in [5.74, 6) is 0. The van der Waals surface area contributed by atoms with E-state index in [9.17, 15) is 21.6 Å². The Morgan fingerprint density at radius 3 is 0.923 bits per heavy atom. The van der Waals surface area contributed by atoms with E-state index in [1.807, 2.05) is 0 Å². The predicted molar refractivity (Wildman–Crippen MR) is 191 cm³/mol. The molecule has 0 saturated carbocycles. The topological polar surface area (TPSA) is 49.9 Å². The van der Waals surface area contributed by atoms with Gasteiger partial charge in [0, 0.05) is 0 Å². The molecule has 0 unspecified atom stereocenters. The van der Waals surface area contributed by atoms with Crippen LogP contribution in [-0.2, 0) is 14.1 Å². The summed E-state index contributed by atoms with van der Waals surface area (Å²) in [6.07, 6.45) is 0. The number of alkyl halides is 3. The van der Waals surface area contributed by atoms with Gasteiger partial charge in [-0.3, -0.25) is 0 Å². The Hall–Kier alpha value is 2.51. The number of nitrogens with zero attached hydrogens (tertiary/aromatic N) is 2. The Balaban J connectivity index is 4.42. The third-order valence-corrected chi connectivity index (χ3v) is 166. The second kappa shape index (κ2) is 11.1. The van der Waals surface area contributed by atoms with Crippen molar-refractivity contribution in [2.75, 3.05) is 0 Å². The molecule has 234 valence electrons. The molecular formula is C19H54ClF3N2O3P2SSi8. The number of rotatable bonds is 10. The van der Waals surface area contributed by atoms with Crippen molar-refractivity contribution in [1.82, 2.24) is 8.21 Å². The Morgan fingerprint density at radius 2 is 0.769 bits per heavy atom. The highest BCUT2D eigenvalue weighted by Gasteiger charge is 2.79. The van der Waals surface area contributed by atoms with Crippen molar-refractivity contribution >= 4 is 96.5 Å². The third kappa shape index (κ3) is 6.19. The second-order valence-electron chi connectivity index (χ2n) is 17.0. The van der Waals surface area contributed by atoms with E-state index in [4.69, 9.17) is 15.2 Å². The predicted octanol–water partition coefficient (Wildman–Crippen LogP) is 9.55. The lowest BCUT2D eigenvalue weighted by Gasteiger charge is -2.75. The molecule has 1 heterocycles. The molecule has 0 amide bonds. The Bertz CT molecular complexity index is 904. The first kappa shape index (κ1) is 39.5. The van der Waals surface area contributed by atoms with Gasteiger partial charge in [-0.05, 0) is 0 Å². The lowest BCUT2D eigenvalue weighted by molar-refractivity contribution is -0.0499. The van der Waals surface area contributed by atoms with E-state index in [1.54, 1.807) is 0 Å². The summed E-state index contributed by atoms with van der Waals surface area (Å²) >= 11 is 7.70. The molecule has 1 rings (SSSR count). The summed E-state index contributed by atoms with van der Waals surface area (Å²) in [4.78, 5) is 0. The lowest BCUT2D eigenvalue weighted by atomic mass is 11.6. The molecule has 0 aromatic rings. The molecule has 0 spiro atoms. The van der Waals surface area contributed by atoms with E-state index in [1.165, 1.54) is 0 Å². The monoisotopic (exact) mass is 768 g/mol. The third-order valence-electron chi connectivity index (χ3n) is 8.20. The zero-order chi connectivity index (χ0) is 32.0. The van der Waals surface area contributed by atoms with E-state index in [2.05, 4.69) is 126 Å². The molecule has 0 N–H and O–H groups in total. The van der Waals surface area contributed by atoms with E-state index >= 15 is 0 Å². The van der Waals surface area contributed by atoms with Crippen molar-refractivity contribution in [2.45, 2.75) is 123 Å².